The Morgan fingerprint density at radius 1 is 0.879 bits per heavy atom. The molecule has 0 atom stereocenters. The minimum absolute atomic E-state index is 0.0279. The molecule has 0 saturated carbocycles. The van der Waals surface area contributed by atoms with Crippen molar-refractivity contribution in [1.82, 2.24) is 14.5 Å². The van der Waals surface area contributed by atoms with Crippen molar-refractivity contribution in [1.29, 1.82) is 0 Å². The molecule has 0 spiro atoms. The fraction of sp³-hybridized carbons (Fsp3) is 0.222. The monoisotopic (exact) mass is 438 g/mol. The van der Waals surface area contributed by atoms with Crippen LogP contribution in [0.25, 0.3) is 16.7 Å². The number of rotatable bonds is 6. The molecule has 1 aromatic heterocycles. The number of benzene rings is 3. The van der Waals surface area contributed by atoms with Crippen molar-refractivity contribution in [3.63, 3.8) is 0 Å². The summed E-state index contributed by atoms with van der Waals surface area (Å²) >= 11 is 0. The predicted octanol–water partition coefficient (Wildman–Crippen LogP) is 4.83. The summed E-state index contributed by atoms with van der Waals surface area (Å²) in [5.41, 5.74) is 4.20. The smallest absolute Gasteiger partial charge is 0.253 e. The van der Waals surface area contributed by atoms with Crippen LogP contribution < -0.4 is 5.32 Å². The highest BCUT2D eigenvalue weighted by Gasteiger charge is 2.20. The van der Waals surface area contributed by atoms with Gasteiger partial charge in [-0.05, 0) is 55.3 Å². The van der Waals surface area contributed by atoms with Gasteiger partial charge < -0.3 is 10.2 Å². The van der Waals surface area contributed by atoms with E-state index in [2.05, 4.69) is 9.88 Å². The van der Waals surface area contributed by atoms with Crippen LogP contribution in [0.4, 0.5) is 5.69 Å². The van der Waals surface area contributed by atoms with Gasteiger partial charge in [-0.25, -0.2) is 4.98 Å². The number of hydrogen-bond donors (Lipinski definition) is 1. The first-order valence-corrected chi connectivity index (χ1v) is 11.4. The molecule has 0 bridgehead atoms. The fourth-order valence-electron chi connectivity index (χ4n) is 4.39. The van der Waals surface area contributed by atoms with Gasteiger partial charge in [0.2, 0.25) is 5.91 Å². The summed E-state index contributed by atoms with van der Waals surface area (Å²) in [7, 11) is 0. The molecule has 1 aliphatic heterocycles. The van der Waals surface area contributed by atoms with E-state index in [1.165, 1.54) is 0 Å². The molecule has 1 fully saturated rings. The normalized spacial score (nSPS) is 13.4. The van der Waals surface area contributed by atoms with Crippen LogP contribution in [0.3, 0.4) is 0 Å². The number of anilines is 1. The average molecular weight is 439 g/mol. The molecule has 33 heavy (non-hydrogen) atoms. The number of nitrogens with zero attached hydrogens (tertiary/aromatic N) is 3. The summed E-state index contributed by atoms with van der Waals surface area (Å²) in [6.07, 6.45) is 2.90. The van der Waals surface area contributed by atoms with E-state index in [0.717, 1.165) is 48.5 Å². The molecule has 2 amide bonds. The number of aromatic nitrogens is 2. The lowest BCUT2D eigenvalue weighted by Gasteiger charge is -2.15. The van der Waals surface area contributed by atoms with Crippen LogP contribution in [0.15, 0.2) is 78.9 Å². The number of carbonyl (C=O) groups excluding carboxylic acids is 2. The Morgan fingerprint density at radius 2 is 1.64 bits per heavy atom. The molecule has 0 unspecified atom stereocenters. The third-order valence-electron chi connectivity index (χ3n) is 6.01. The Kier molecular flexibility index (Phi) is 5.89. The lowest BCUT2D eigenvalue weighted by molar-refractivity contribution is -0.116. The third-order valence-corrected chi connectivity index (χ3v) is 6.01. The number of aryl methyl sites for hydroxylation is 1. The topological polar surface area (TPSA) is 67.2 Å². The van der Waals surface area contributed by atoms with Gasteiger partial charge >= 0.3 is 0 Å². The van der Waals surface area contributed by atoms with Gasteiger partial charge in [-0.15, -0.1) is 0 Å². The number of para-hydroxylation sites is 3. The van der Waals surface area contributed by atoms with E-state index in [0.29, 0.717) is 24.1 Å². The van der Waals surface area contributed by atoms with Crippen LogP contribution in [-0.4, -0.2) is 39.4 Å². The molecule has 1 N–H and O–H groups in total. The summed E-state index contributed by atoms with van der Waals surface area (Å²) in [5, 5.41) is 2.94. The number of imidazole rings is 1. The van der Waals surface area contributed by atoms with Crippen LogP contribution in [0.5, 0.6) is 0 Å². The molecule has 5 rings (SSSR count). The number of amides is 2. The molecule has 2 heterocycles. The number of carbonyl (C=O) groups is 2. The molecule has 4 aromatic rings. The second-order valence-electron chi connectivity index (χ2n) is 8.32. The van der Waals surface area contributed by atoms with Gasteiger partial charge in [0, 0.05) is 42.9 Å². The molecule has 6 heteroatoms. The fourth-order valence-corrected chi connectivity index (χ4v) is 4.39. The van der Waals surface area contributed by atoms with E-state index < -0.39 is 0 Å². The molecular weight excluding hydrogens is 412 g/mol. The Hall–Kier alpha value is -3.93. The summed E-state index contributed by atoms with van der Waals surface area (Å²) < 4.78 is 2.11. The zero-order chi connectivity index (χ0) is 22.6. The van der Waals surface area contributed by atoms with Crippen LogP contribution in [0.2, 0.25) is 0 Å². The first-order chi connectivity index (χ1) is 16.2. The van der Waals surface area contributed by atoms with Gasteiger partial charge in [0.25, 0.3) is 5.91 Å². The van der Waals surface area contributed by atoms with Crippen LogP contribution in [0, 0.1) is 0 Å². The SMILES string of the molecule is O=C(CCc1nc2ccccc2n1-c1ccccc1)Nc1cccc(C(=O)N2CCCC2)c1. The van der Waals surface area contributed by atoms with Gasteiger partial charge in [0.1, 0.15) is 5.82 Å². The molecule has 0 aliphatic carbocycles. The first-order valence-electron chi connectivity index (χ1n) is 11.4. The van der Waals surface area contributed by atoms with Gasteiger partial charge in [-0.1, -0.05) is 36.4 Å². The second-order valence-corrected chi connectivity index (χ2v) is 8.32. The minimum Gasteiger partial charge on any atom is -0.339 e. The Balaban J connectivity index is 1.30. The highest BCUT2D eigenvalue weighted by atomic mass is 16.2. The van der Waals surface area contributed by atoms with Crippen molar-refractivity contribution < 1.29 is 9.59 Å². The average Bonchev–Trinajstić information content (AvgIpc) is 3.51. The number of hydrogen-bond acceptors (Lipinski definition) is 3. The number of fused-ring (bicyclic) bond motifs is 1. The highest BCUT2D eigenvalue weighted by Crippen LogP contribution is 2.23. The second kappa shape index (κ2) is 9.28. The summed E-state index contributed by atoms with van der Waals surface area (Å²) in [5.74, 6) is 0.767. The summed E-state index contributed by atoms with van der Waals surface area (Å²) in [6.45, 7) is 1.61. The van der Waals surface area contributed by atoms with Crippen LogP contribution in [-0.2, 0) is 11.2 Å². The number of nitrogens with one attached hydrogen (secondary N) is 1. The molecule has 6 nitrogen and oxygen atoms in total. The quantitative estimate of drug-likeness (QED) is 0.469. The predicted molar refractivity (Wildman–Crippen MR) is 130 cm³/mol. The summed E-state index contributed by atoms with van der Waals surface area (Å²) in [4.78, 5) is 32.1. The molecule has 1 saturated heterocycles. The van der Waals surface area contributed by atoms with E-state index in [9.17, 15) is 9.59 Å². The maximum absolute atomic E-state index is 12.7. The van der Waals surface area contributed by atoms with Crippen molar-refractivity contribution >= 4 is 28.5 Å². The van der Waals surface area contributed by atoms with Gasteiger partial charge in [0.15, 0.2) is 0 Å². The zero-order valence-corrected chi connectivity index (χ0v) is 18.4. The van der Waals surface area contributed by atoms with E-state index in [1.807, 2.05) is 71.6 Å². The van der Waals surface area contributed by atoms with Crippen molar-refractivity contribution in [2.45, 2.75) is 25.7 Å². The Morgan fingerprint density at radius 3 is 2.45 bits per heavy atom. The Labute approximate surface area is 192 Å². The van der Waals surface area contributed by atoms with Crippen molar-refractivity contribution in [2.75, 3.05) is 18.4 Å². The van der Waals surface area contributed by atoms with Crippen molar-refractivity contribution in [2.24, 2.45) is 0 Å². The van der Waals surface area contributed by atoms with Gasteiger partial charge in [0.05, 0.1) is 11.0 Å². The van der Waals surface area contributed by atoms with Crippen molar-refractivity contribution in [3.05, 3.63) is 90.3 Å². The van der Waals surface area contributed by atoms with E-state index >= 15 is 0 Å². The zero-order valence-electron chi connectivity index (χ0n) is 18.4. The molecule has 1 aliphatic rings. The highest BCUT2D eigenvalue weighted by molar-refractivity contribution is 5.97. The van der Waals surface area contributed by atoms with E-state index in [1.54, 1.807) is 12.1 Å². The van der Waals surface area contributed by atoms with E-state index in [4.69, 9.17) is 4.98 Å². The largest absolute Gasteiger partial charge is 0.339 e. The molecule has 166 valence electrons. The molecular formula is C27H26N4O2. The Bertz CT molecular complexity index is 1290. The van der Waals surface area contributed by atoms with Crippen LogP contribution >= 0.6 is 0 Å². The van der Waals surface area contributed by atoms with Gasteiger partial charge in [-0.3, -0.25) is 14.2 Å². The third kappa shape index (κ3) is 4.51. The number of likely N-dealkylation sites (tertiary alicyclic amines) is 1. The minimum atomic E-state index is -0.104. The summed E-state index contributed by atoms with van der Waals surface area (Å²) in [6, 6.07) is 25.3. The standard InChI is InChI=1S/C27H26N4O2/c32-26(28-21-10-8-9-20(19-21)27(33)30-17-6-7-18-30)16-15-25-29-23-13-4-5-14-24(23)31(25)22-11-2-1-3-12-22/h1-5,8-14,19H,6-7,15-18H2,(H,28,32). The first kappa shape index (κ1) is 20.9. The lowest BCUT2D eigenvalue weighted by atomic mass is 10.1. The maximum atomic E-state index is 12.7. The lowest BCUT2D eigenvalue weighted by Crippen LogP contribution is -2.27. The maximum Gasteiger partial charge on any atom is 0.253 e. The van der Waals surface area contributed by atoms with Crippen LogP contribution in [0.1, 0.15) is 35.4 Å². The molecule has 3 aromatic carbocycles. The van der Waals surface area contributed by atoms with Crippen molar-refractivity contribution in [3.8, 4) is 5.69 Å². The molecule has 0 radical (unpaired) electrons. The van der Waals surface area contributed by atoms with E-state index in [-0.39, 0.29) is 11.8 Å². The van der Waals surface area contributed by atoms with Gasteiger partial charge in [-0.2, -0.15) is 0 Å².